The molecule has 1 aliphatic heterocycles. The molecule has 0 aliphatic carbocycles. The Bertz CT molecular complexity index is 1240. The first-order valence-electron chi connectivity index (χ1n) is 17.3. The third-order valence-electron chi connectivity index (χ3n) is 8.75. The van der Waals surface area contributed by atoms with Crippen LogP contribution < -0.4 is 21.3 Å². The highest BCUT2D eigenvalue weighted by molar-refractivity contribution is 6.38. The Morgan fingerprint density at radius 1 is 0.857 bits per heavy atom. The number of carbonyl (C=O) groups excluding carboxylic acids is 6. The zero-order valence-corrected chi connectivity index (χ0v) is 32.0. The van der Waals surface area contributed by atoms with Crippen molar-refractivity contribution in [3.63, 3.8) is 0 Å². The number of ether oxygens (including phenoxy) is 1. The highest BCUT2D eigenvalue weighted by Gasteiger charge is 2.48. The Balaban J connectivity index is 3.47. The van der Waals surface area contributed by atoms with Gasteiger partial charge in [0.05, 0.1) is 6.04 Å². The molecule has 0 spiro atoms. The van der Waals surface area contributed by atoms with Crippen LogP contribution in [0.1, 0.15) is 109 Å². The van der Waals surface area contributed by atoms with E-state index in [-0.39, 0.29) is 31.8 Å². The molecule has 278 valence electrons. The van der Waals surface area contributed by atoms with Crippen molar-refractivity contribution in [2.24, 2.45) is 22.2 Å². The van der Waals surface area contributed by atoms with Crippen LogP contribution in [0.2, 0.25) is 0 Å². The molecule has 1 unspecified atom stereocenters. The van der Waals surface area contributed by atoms with Gasteiger partial charge in [-0.2, -0.15) is 0 Å². The molecular formula is C37H63N5O7. The number of ketones is 1. The highest BCUT2D eigenvalue weighted by atomic mass is 16.6. The van der Waals surface area contributed by atoms with Gasteiger partial charge < -0.3 is 30.9 Å². The topological polar surface area (TPSA) is 163 Å². The minimum atomic E-state index is -1.10. The lowest BCUT2D eigenvalue weighted by Gasteiger charge is -2.37. The number of rotatable bonds is 15. The molecule has 5 amide bonds. The van der Waals surface area contributed by atoms with Gasteiger partial charge in [-0.3, -0.25) is 19.2 Å². The van der Waals surface area contributed by atoms with Gasteiger partial charge in [0.15, 0.2) is 0 Å². The van der Waals surface area contributed by atoms with Crippen LogP contribution in [0.15, 0.2) is 25.3 Å². The highest BCUT2D eigenvalue weighted by Crippen LogP contribution is 2.39. The molecule has 1 heterocycles. The summed E-state index contributed by atoms with van der Waals surface area (Å²) in [6, 6.07) is -4.92. The number of Topliss-reactive ketones (excluding diaryl/α,β-unsaturated/α-hetero) is 1. The van der Waals surface area contributed by atoms with Crippen molar-refractivity contribution in [3.05, 3.63) is 25.3 Å². The normalized spacial score (nSPS) is 18.7. The van der Waals surface area contributed by atoms with E-state index in [1.54, 1.807) is 68.4 Å². The minimum absolute atomic E-state index is 0.102. The maximum absolute atomic E-state index is 14.5. The second-order valence-corrected chi connectivity index (χ2v) is 16.8. The van der Waals surface area contributed by atoms with E-state index in [1.807, 2.05) is 20.8 Å². The molecular weight excluding hydrogens is 626 g/mol. The zero-order chi connectivity index (χ0) is 38.1. The molecule has 0 radical (unpaired) electrons. The van der Waals surface area contributed by atoms with E-state index in [9.17, 15) is 28.8 Å². The Kier molecular flexibility index (Phi) is 15.3. The minimum Gasteiger partial charge on any atom is -0.458 e. The van der Waals surface area contributed by atoms with Gasteiger partial charge in [0.1, 0.15) is 23.7 Å². The summed E-state index contributed by atoms with van der Waals surface area (Å²) in [4.78, 5) is 82.2. The number of nitrogens with one attached hydrogen (secondary N) is 4. The number of unbranched alkanes of at least 4 members (excludes halogenated alkanes) is 1. The van der Waals surface area contributed by atoms with E-state index >= 15 is 0 Å². The molecule has 0 saturated carbocycles. The fourth-order valence-corrected chi connectivity index (χ4v) is 5.50. The first-order valence-corrected chi connectivity index (χ1v) is 17.3. The molecule has 0 bridgehead atoms. The molecule has 12 heteroatoms. The molecule has 12 nitrogen and oxygen atoms in total. The number of likely N-dealkylation sites (tertiary alicyclic amines) is 1. The number of allylic oxidation sites excluding steroid dienone is 1. The third-order valence-corrected chi connectivity index (χ3v) is 8.75. The number of urea groups is 1. The summed E-state index contributed by atoms with van der Waals surface area (Å²) in [5.74, 6) is -3.42. The van der Waals surface area contributed by atoms with Crippen LogP contribution in [0.5, 0.6) is 0 Å². The fraction of sp³-hybridized carbons (Fsp3) is 0.730. The predicted molar refractivity (Wildman–Crippen MR) is 191 cm³/mol. The van der Waals surface area contributed by atoms with Crippen LogP contribution in [0, 0.1) is 22.2 Å². The van der Waals surface area contributed by atoms with Crippen LogP contribution in [-0.2, 0) is 28.7 Å². The van der Waals surface area contributed by atoms with E-state index in [2.05, 4.69) is 34.4 Å². The molecule has 0 aromatic carbocycles. The number of hydrogen-bond donors (Lipinski definition) is 4. The summed E-state index contributed by atoms with van der Waals surface area (Å²) in [6.45, 7) is 29.7. The molecule has 1 saturated heterocycles. The van der Waals surface area contributed by atoms with Crippen molar-refractivity contribution < 1.29 is 33.5 Å². The standard InChI is InChI=1S/C37H63N5O7/c1-15-18-19-24(26(43)30(45)38-20-16-2)39-29(44)25-21-23(37(13,14)17-3)22-42(25)31(46)27(34(4,5)6)40-33(48)41-28(35(7,8)9)32(47)49-36(10,11)12/h16-17,23-25,27-28H,2-3,15,18-22H2,1,4-14H3,(H,38,45)(H,39,44)(H2,40,41,48)/t23-,24?,25+,27-,28-/m1/s1. The average molecular weight is 690 g/mol. The van der Waals surface area contributed by atoms with Gasteiger partial charge in [-0.25, -0.2) is 9.59 Å². The fourth-order valence-electron chi connectivity index (χ4n) is 5.50. The third kappa shape index (κ3) is 12.9. The van der Waals surface area contributed by atoms with Gasteiger partial charge in [-0.05, 0) is 55.8 Å². The van der Waals surface area contributed by atoms with Crippen LogP contribution >= 0.6 is 0 Å². The van der Waals surface area contributed by atoms with Crippen LogP contribution in [0.25, 0.3) is 0 Å². The first-order chi connectivity index (χ1) is 22.3. The van der Waals surface area contributed by atoms with E-state index in [0.29, 0.717) is 6.42 Å². The number of amides is 5. The summed E-state index contributed by atoms with van der Waals surface area (Å²) in [7, 11) is 0. The molecule has 5 atom stereocenters. The summed E-state index contributed by atoms with van der Waals surface area (Å²) in [6.07, 6.45) is 5.10. The largest absolute Gasteiger partial charge is 0.458 e. The van der Waals surface area contributed by atoms with Gasteiger partial charge in [0.25, 0.3) is 5.91 Å². The van der Waals surface area contributed by atoms with Gasteiger partial charge in [0.2, 0.25) is 17.6 Å². The SMILES string of the molecule is C=CCNC(=O)C(=O)C(CCCC)NC(=O)[C@@H]1C[C@@H](C(C)(C)C=C)CN1C(=O)[C@@H](NC(=O)N[C@H](C(=O)OC(C)(C)C)C(C)(C)C)C(C)(C)C. The summed E-state index contributed by atoms with van der Waals surface area (Å²) >= 11 is 0. The smallest absolute Gasteiger partial charge is 0.329 e. The van der Waals surface area contributed by atoms with E-state index in [0.717, 1.165) is 6.42 Å². The van der Waals surface area contributed by atoms with Crippen molar-refractivity contribution in [1.82, 2.24) is 26.2 Å². The van der Waals surface area contributed by atoms with E-state index < -0.39 is 81.5 Å². The second kappa shape index (κ2) is 17.3. The lowest BCUT2D eigenvalue weighted by molar-refractivity contribution is -0.160. The molecule has 0 aromatic rings. The Hall–Kier alpha value is -3.70. The van der Waals surface area contributed by atoms with Gasteiger partial charge in [-0.1, -0.05) is 87.3 Å². The summed E-state index contributed by atoms with van der Waals surface area (Å²) in [5, 5.41) is 10.8. The van der Waals surface area contributed by atoms with Crippen molar-refractivity contribution in [2.45, 2.75) is 139 Å². The van der Waals surface area contributed by atoms with Crippen molar-refractivity contribution in [2.75, 3.05) is 13.1 Å². The van der Waals surface area contributed by atoms with Crippen LogP contribution in [0.3, 0.4) is 0 Å². The first kappa shape index (κ1) is 43.3. The lowest BCUT2D eigenvalue weighted by Crippen LogP contribution is -2.62. The Morgan fingerprint density at radius 3 is 1.88 bits per heavy atom. The lowest BCUT2D eigenvalue weighted by atomic mass is 9.77. The number of carbonyl (C=O) groups is 6. The van der Waals surface area contributed by atoms with Gasteiger partial charge in [-0.15, -0.1) is 13.2 Å². The number of nitrogens with zero attached hydrogens (tertiary/aromatic N) is 1. The van der Waals surface area contributed by atoms with Crippen LogP contribution in [-0.4, -0.2) is 83.3 Å². The van der Waals surface area contributed by atoms with Crippen LogP contribution in [0.4, 0.5) is 4.79 Å². The van der Waals surface area contributed by atoms with E-state index in [4.69, 9.17) is 4.74 Å². The Morgan fingerprint density at radius 2 is 1.41 bits per heavy atom. The van der Waals surface area contributed by atoms with Gasteiger partial charge in [0, 0.05) is 13.1 Å². The number of hydrogen-bond acceptors (Lipinski definition) is 7. The van der Waals surface area contributed by atoms with Gasteiger partial charge >= 0.3 is 12.0 Å². The molecule has 1 aliphatic rings. The maximum atomic E-state index is 14.5. The van der Waals surface area contributed by atoms with E-state index in [1.165, 1.54) is 11.0 Å². The zero-order valence-electron chi connectivity index (χ0n) is 32.0. The quantitative estimate of drug-likeness (QED) is 0.112. The van der Waals surface area contributed by atoms with Crippen molar-refractivity contribution in [3.8, 4) is 0 Å². The molecule has 49 heavy (non-hydrogen) atoms. The predicted octanol–water partition coefficient (Wildman–Crippen LogP) is 4.43. The number of esters is 1. The Labute approximate surface area is 294 Å². The van der Waals surface area contributed by atoms with Crippen molar-refractivity contribution in [1.29, 1.82) is 0 Å². The average Bonchev–Trinajstić information content (AvgIpc) is 3.43. The summed E-state index contributed by atoms with van der Waals surface area (Å²) in [5.41, 5.74) is -2.76. The molecule has 1 fully saturated rings. The maximum Gasteiger partial charge on any atom is 0.329 e. The second-order valence-electron chi connectivity index (χ2n) is 16.8. The monoisotopic (exact) mass is 689 g/mol. The molecule has 4 N–H and O–H groups in total. The molecule has 1 rings (SSSR count). The molecule has 0 aromatic heterocycles. The summed E-state index contributed by atoms with van der Waals surface area (Å²) < 4.78 is 5.57. The van der Waals surface area contributed by atoms with Crippen molar-refractivity contribution >= 4 is 35.5 Å².